The molecule has 0 radical (unpaired) electrons. The first kappa shape index (κ1) is 11.9. The van der Waals surface area contributed by atoms with Crippen LogP contribution >= 0.6 is 11.3 Å². The van der Waals surface area contributed by atoms with Crippen LogP contribution in [0.15, 0.2) is 45.8 Å². The molecule has 96 valence electrons. The van der Waals surface area contributed by atoms with Gasteiger partial charge >= 0.3 is 0 Å². The Kier molecular flexibility index (Phi) is 3.05. The quantitative estimate of drug-likeness (QED) is 0.791. The number of hydrogen-bond donors (Lipinski definition) is 1. The third kappa shape index (κ3) is 2.37. The van der Waals surface area contributed by atoms with Gasteiger partial charge < -0.3 is 10.2 Å². The van der Waals surface area contributed by atoms with Crippen molar-refractivity contribution in [3.05, 3.63) is 52.7 Å². The second-order valence-corrected chi connectivity index (χ2v) is 5.05. The Balaban J connectivity index is 1.86. The number of nitrogen functional groups attached to an aromatic ring is 1. The van der Waals surface area contributed by atoms with E-state index in [1.165, 1.54) is 5.56 Å². The maximum atomic E-state index is 5.50. The number of anilines is 1. The van der Waals surface area contributed by atoms with Crippen molar-refractivity contribution in [2.75, 3.05) is 5.73 Å². The summed E-state index contributed by atoms with van der Waals surface area (Å²) in [6.45, 7) is 2.08. The molecule has 2 N–H and O–H groups in total. The van der Waals surface area contributed by atoms with Crippen molar-refractivity contribution in [3.63, 3.8) is 0 Å². The van der Waals surface area contributed by atoms with Crippen LogP contribution in [0, 0.1) is 0 Å². The van der Waals surface area contributed by atoms with Crippen molar-refractivity contribution in [1.82, 2.24) is 9.97 Å². The number of thiazole rings is 1. The highest BCUT2D eigenvalue weighted by atomic mass is 32.1. The van der Waals surface area contributed by atoms with E-state index in [-0.39, 0.29) is 11.9 Å². The fraction of sp³-hybridized carbons (Fsp3) is 0.143. The van der Waals surface area contributed by atoms with Crippen molar-refractivity contribution in [2.45, 2.75) is 12.8 Å². The van der Waals surface area contributed by atoms with Gasteiger partial charge in [0.05, 0.1) is 16.9 Å². The molecule has 0 fully saturated rings. The Hall–Kier alpha value is -2.14. The van der Waals surface area contributed by atoms with Gasteiger partial charge in [-0.1, -0.05) is 31.2 Å². The molecule has 0 spiro atoms. The zero-order valence-electron chi connectivity index (χ0n) is 10.4. The monoisotopic (exact) mass is 271 g/mol. The maximum Gasteiger partial charge on any atom is 0.292 e. The summed E-state index contributed by atoms with van der Waals surface area (Å²) in [5, 5.41) is 2.04. The highest BCUT2D eigenvalue weighted by Gasteiger charge is 2.13. The molecule has 0 aliphatic carbocycles. The Morgan fingerprint density at radius 2 is 2.05 bits per heavy atom. The molecule has 4 nitrogen and oxygen atoms in total. The lowest BCUT2D eigenvalue weighted by molar-refractivity contribution is 0.577. The predicted molar refractivity (Wildman–Crippen MR) is 76.0 cm³/mol. The molecule has 0 saturated heterocycles. The summed E-state index contributed by atoms with van der Waals surface area (Å²) in [5.74, 6) is 0.158. The standard InChI is InChI=1S/C14H13N3OS/c1-9(12-6-18-14(15)17-12)10-2-4-11(5-3-10)13-7-19-8-16-13/h2-9H,1H3,(H2,15,17). The van der Waals surface area contributed by atoms with E-state index in [4.69, 9.17) is 10.2 Å². The number of nitrogens with two attached hydrogens (primary N) is 1. The topological polar surface area (TPSA) is 64.9 Å². The molecule has 1 unspecified atom stereocenters. The van der Waals surface area contributed by atoms with Crippen LogP contribution in [-0.2, 0) is 0 Å². The lowest BCUT2D eigenvalue weighted by Crippen LogP contribution is -1.97. The van der Waals surface area contributed by atoms with Gasteiger partial charge in [0.1, 0.15) is 6.26 Å². The Labute approximate surface area is 114 Å². The summed E-state index contributed by atoms with van der Waals surface area (Å²) in [6, 6.07) is 8.53. The third-order valence-corrected chi connectivity index (χ3v) is 3.71. The van der Waals surface area contributed by atoms with Crippen LogP contribution in [0.25, 0.3) is 11.3 Å². The molecule has 3 rings (SSSR count). The maximum absolute atomic E-state index is 5.50. The molecule has 1 aromatic carbocycles. The van der Waals surface area contributed by atoms with Gasteiger partial charge in [0.15, 0.2) is 0 Å². The summed E-state index contributed by atoms with van der Waals surface area (Å²) in [4.78, 5) is 8.46. The minimum Gasteiger partial charge on any atom is -0.432 e. The van der Waals surface area contributed by atoms with E-state index in [2.05, 4.69) is 41.2 Å². The summed E-state index contributed by atoms with van der Waals surface area (Å²) < 4.78 is 5.05. The third-order valence-electron chi connectivity index (χ3n) is 3.12. The van der Waals surface area contributed by atoms with E-state index in [0.717, 1.165) is 17.0 Å². The minimum absolute atomic E-state index is 0.158. The van der Waals surface area contributed by atoms with E-state index in [1.54, 1.807) is 17.6 Å². The molecular formula is C14H13N3OS. The summed E-state index contributed by atoms with van der Waals surface area (Å²) in [5.41, 5.74) is 11.5. The van der Waals surface area contributed by atoms with Crippen molar-refractivity contribution in [3.8, 4) is 11.3 Å². The van der Waals surface area contributed by atoms with E-state index in [0.29, 0.717) is 0 Å². The Morgan fingerprint density at radius 1 is 1.26 bits per heavy atom. The molecule has 0 amide bonds. The van der Waals surface area contributed by atoms with Gasteiger partial charge in [-0.3, -0.25) is 0 Å². The predicted octanol–water partition coefficient (Wildman–Crippen LogP) is 3.53. The van der Waals surface area contributed by atoms with Crippen LogP contribution < -0.4 is 5.73 Å². The zero-order valence-corrected chi connectivity index (χ0v) is 11.2. The molecule has 5 heteroatoms. The van der Waals surface area contributed by atoms with Gasteiger partial charge in [-0.15, -0.1) is 11.3 Å². The average Bonchev–Trinajstić information content (AvgIpc) is 3.09. The molecule has 0 aliphatic heterocycles. The lowest BCUT2D eigenvalue weighted by Gasteiger charge is -2.08. The van der Waals surface area contributed by atoms with Crippen molar-refractivity contribution >= 4 is 17.4 Å². The first-order chi connectivity index (χ1) is 9.24. The first-order valence-corrected chi connectivity index (χ1v) is 6.88. The van der Waals surface area contributed by atoms with Crippen LogP contribution in [0.3, 0.4) is 0 Å². The van der Waals surface area contributed by atoms with Crippen LogP contribution in [0.2, 0.25) is 0 Å². The number of nitrogens with zero attached hydrogens (tertiary/aromatic N) is 2. The molecule has 2 heterocycles. The normalized spacial score (nSPS) is 12.5. The summed E-state index contributed by atoms with van der Waals surface area (Å²) in [6.07, 6.45) is 1.61. The fourth-order valence-electron chi connectivity index (χ4n) is 1.97. The Bertz CT molecular complexity index is 658. The van der Waals surface area contributed by atoms with Gasteiger partial charge in [0.2, 0.25) is 0 Å². The first-order valence-electron chi connectivity index (χ1n) is 5.93. The second kappa shape index (κ2) is 4.85. The SMILES string of the molecule is CC(c1ccc(-c2cscn2)cc1)c1coc(N)n1. The second-order valence-electron chi connectivity index (χ2n) is 4.33. The van der Waals surface area contributed by atoms with E-state index >= 15 is 0 Å². The molecule has 0 saturated carbocycles. The molecule has 0 bridgehead atoms. The van der Waals surface area contributed by atoms with Gasteiger partial charge in [0.25, 0.3) is 6.01 Å². The van der Waals surface area contributed by atoms with Gasteiger partial charge in [-0.2, -0.15) is 4.98 Å². The number of hydrogen-bond acceptors (Lipinski definition) is 5. The van der Waals surface area contributed by atoms with Crippen molar-refractivity contribution in [1.29, 1.82) is 0 Å². The minimum atomic E-state index is 0.158. The largest absolute Gasteiger partial charge is 0.432 e. The van der Waals surface area contributed by atoms with Gasteiger partial charge in [-0.05, 0) is 5.56 Å². The smallest absolute Gasteiger partial charge is 0.292 e. The molecule has 2 aromatic heterocycles. The van der Waals surface area contributed by atoms with Gasteiger partial charge in [0, 0.05) is 16.9 Å². The van der Waals surface area contributed by atoms with Crippen LogP contribution in [0.4, 0.5) is 6.01 Å². The van der Waals surface area contributed by atoms with Crippen LogP contribution in [0.1, 0.15) is 24.1 Å². The van der Waals surface area contributed by atoms with E-state index in [9.17, 15) is 0 Å². The van der Waals surface area contributed by atoms with Gasteiger partial charge in [-0.25, -0.2) is 4.98 Å². The van der Waals surface area contributed by atoms with E-state index in [1.807, 2.05) is 10.9 Å². The van der Waals surface area contributed by atoms with Crippen LogP contribution in [-0.4, -0.2) is 9.97 Å². The zero-order chi connectivity index (χ0) is 13.2. The lowest BCUT2D eigenvalue weighted by atomic mass is 9.97. The summed E-state index contributed by atoms with van der Waals surface area (Å²) >= 11 is 1.60. The highest BCUT2D eigenvalue weighted by molar-refractivity contribution is 7.07. The van der Waals surface area contributed by atoms with Crippen molar-refractivity contribution in [2.24, 2.45) is 0 Å². The highest BCUT2D eigenvalue weighted by Crippen LogP contribution is 2.26. The number of oxazole rings is 1. The van der Waals surface area contributed by atoms with Crippen LogP contribution in [0.5, 0.6) is 0 Å². The number of benzene rings is 1. The number of aromatic nitrogens is 2. The molecule has 0 aliphatic rings. The fourth-order valence-corrected chi connectivity index (χ4v) is 2.53. The number of rotatable bonds is 3. The average molecular weight is 271 g/mol. The summed E-state index contributed by atoms with van der Waals surface area (Å²) in [7, 11) is 0. The molecular weight excluding hydrogens is 258 g/mol. The Morgan fingerprint density at radius 3 is 2.63 bits per heavy atom. The molecule has 3 aromatic rings. The van der Waals surface area contributed by atoms with E-state index < -0.39 is 0 Å². The molecule has 1 atom stereocenters. The molecule has 19 heavy (non-hydrogen) atoms. The van der Waals surface area contributed by atoms with Crippen molar-refractivity contribution < 1.29 is 4.42 Å².